The van der Waals surface area contributed by atoms with E-state index in [-0.39, 0.29) is 5.60 Å². The van der Waals surface area contributed by atoms with Gasteiger partial charge in [-0.3, -0.25) is 0 Å². The Labute approximate surface area is 218 Å². The Morgan fingerprint density at radius 1 is 0.800 bits per heavy atom. The first-order valence-electron chi connectivity index (χ1n) is 15.7. The molecule has 5 saturated carbocycles. The molecule has 202 valence electrons. The summed E-state index contributed by atoms with van der Waals surface area (Å²) in [6, 6.07) is 0. The van der Waals surface area contributed by atoms with Gasteiger partial charge in [0.1, 0.15) is 0 Å². The molecule has 5 rings (SSSR count). The monoisotopic (exact) mass is 502 g/mol. The van der Waals surface area contributed by atoms with E-state index in [4.69, 9.17) is 4.43 Å². The van der Waals surface area contributed by atoms with Crippen molar-refractivity contribution in [1.29, 1.82) is 0 Å². The zero-order chi connectivity index (χ0) is 25.3. The van der Waals surface area contributed by atoms with Gasteiger partial charge < -0.3 is 9.53 Å². The summed E-state index contributed by atoms with van der Waals surface area (Å²) in [5.41, 5.74) is 0.481. The molecule has 8 atom stereocenters. The van der Waals surface area contributed by atoms with Crippen LogP contribution in [0.15, 0.2) is 0 Å². The van der Waals surface area contributed by atoms with Gasteiger partial charge in [-0.05, 0) is 123 Å². The minimum absolute atomic E-state index is 0.292. The molecule has 5 aliphatic carbocycles. The average molecular weight is 503 g/mol. The van der Waals surface area contributed by atoms with Gasteiger partial charge in [-0.1, -0.05) is 66.7 Å². The lowest BCUT2D eigenvalue weighted by Gasteiger charge is -2.62. The molecule has 1 unspecified atom stereocenters. The van der Waals surface area contributed by atoms with Crippen molar-refractivity contribution in [3.63, 3.8) is 0 Å². The van der Waals surface area contributed by atoms with Crippen molar-refractivity contribution < 1.29 is 9.53 Å². The van der Waals surface area contributed by atoms with Crippen molar-refractivity contribution in [3.8, 4) is 0 Å². The molecule has 35 heavy (non-hydrogen) atoms. The first-order chi connectivity index (χ1) is 16.3. The highest BCUT2D eigenvalue weighted by molar-refractivity contribution is 6.74. The standard InChI is InChI=1S/C32H58O2Si/c1-29(2,3)35(6,7)34-28-16-15-26-25-14-13-24-22-32(33,21-23-11-9-8-10-12-23)20-19-30(24,4)27(25)17-18-31(26,28)5/h23-28,33H,8-22H2,1-7H3/t24?,25-,26-,27-,28-,30-,31-,32-/m0/s1. The summed E-state index contributed by atoms with van der Waals surface area (Å²) in [4.78, 5) is 0. The highest BCUT2D eigenvalue weighted by atomic mass is 28.4. The maximum Gasteiger partial charge on any atom is 0.192 e. The van der Waals surface area contributed by atoms with Gasteiger partial charge in [-0.25, -0.2) is 0 Å². The molecule has 5 fully saturated rings. The quantitative estimate of drug-likeness (QED) is 0.388. The molecule has 0 spiro atoms. The fraction of sp³-hybridized carbons (Fsp3) is 1.00. The fourth-order valence-electron chi connectivity index (χ4n) is 10.1. The number of rotatable bonds is 4. The topological polar surface area (TPSA) is 29.5 Å². The van der Waals surface area contributed by atoms with E-state index in [2.05, 4.69) is 47.7 Å². The number of aliphatic hydroxyl groups is 1. The second-order valence-corrected chi connectivity index (χ2v) is 21.0. The molecule has 0 heterocycles. The van der Waals surface area contributed by atoms with Gasteiger partial charge in [-0.2, -0.15) is 0 Å². The molecule has 5 aliphatic rings. The van der Waals surface area contributed by atoms with Crippen molar-refractivity contribution in [2.75, 3.05) is 0 Å². The lowest BCUT2D eigenvalue weighted by Crippen LogP contribution is -2.57. The van der Waals surface area contributed by atoms with Crippen molar-refractivity contribution >= 4 is 8.32 Å². The molecule has 0 aromatic heterocycles. The van der Waals surface area contributed by atoms with Crippen molar-refractivity contribution in [2.24, 2.45) is 40.4 Å². The van der Waals surface area contributed by atoms with Gasteiger partial charge in [0.25, 0.3) is 0 Å². The summed E-state index contributed by atoms with van der Waals surface area (Å²) >= 11 is 0. The fourth-order valence-corrected chi connectivity index (χ4v) is 11.6. The van der Waals surface area contributed by atoms with Crippen LogP contribution < -0.4 is 0 Å². The highest BCUT2D eigenvalue weighted by Crippen LogP contribution is 2.68. The second kappa shape index (κ2) is 9.11. The smallest absolute Gasteiger partial charge is 0.192 e. The summed E-state index contributed by atoms with van der Waals surface area (Å²) < 4.78 is 7.15. The maximum atomic E-state index is 11.8. The first-order valence-corrected chi connectivity index (χ1v) is 18.6. The van der Waals surface area contributed by atoms with E-state index in [1.54, 1.807) is 0 Å². The zero-order valence-electron chi connectivity index (χ0n) is 24.4. The van der Waals surface area contributed by atoms with Crippen LogP contribution in [0.4, 0.5) is 0 Å². The molecule has 0 saturated heterocycles. The predicted molar refractivity (Wildman–Crippen MR) is 150 cm³/mol. The van der Waals surface area contributed by atoms with E-state index in [9.17, 15) is 5.11 Å². The maximum absolute atomic E-state index is 11.8. The Balaban J connectivity index is 1.28. The Hall–Kier alpha value is 0.137. The largest absolute Gasteiger partial charge is 0.413 e. The molecular weight excluding hydrogens is 444 g/mol. The highest BCUT2D eigenvalue weighted by Gasteiger charge is 2.62. The summed E-state index contributed by atoms with van der Waals surface area (Å²) in [7, 11) is -1.74. The third-order valence-electron chi connectivity index (χ3n) is 13.4. The van der Waals surface area contributed by atoms with Crippen molar-refractivity contribution in [2.45, 2.75) is 161 Å². The molecule has 0 aliphatic heterocycles. The Kier molecular flexibility index (Phi) is 6.96. The van der Waals surface area contributed by atoms with Crippen LogP contribution in [0.1, 0.15) is 131 Å². The average Bonchev–Trinajstić information content (AvgIpc) is 3.10. The van der Waals surface area contributed by atoms with Crippen LogP contribution in [0.5, 0.6) is 0 Å². The molecule has 0 bridgehead atoms. The van der Waals surface area contributed by atoms with Crippen molar-refractivity contribution in [3.05, 3.63) is 0 Å². The van der Waals surface area contributed by atoms with Crippen LogP contribution in [-0.2, 0) is 4.43 Å². The van der Waals surface area contributed by atoms with Gasteiger partial charge >= 0.3 is 0 Å². The molecule has 3 heteroatoms. The zero-order valence-corrected chi connectivity index (χ0v) is 25.4. The third-order valence-corrected chi connectivity index (χ3v) is 17.9. The molecule has 0 amide bonds. The summed E-state index contributed by atoms with van der Waals surface area (Å²) in [5, 5.41) is 12.1. The third kappa shape index (κ3) is 4.64. The SMILES string of the molecule is CC(C)(C)[Si](C)(C)O[C@H]1CC[C@H]2[C@@H]3CCC4C[C@@](O)(CC5CCCCC5)CC[C@]4(C)[C@H]3CC[C@]12C. The van der Waals surface area contributed by atoms with Crippen LogP contribution in [0, 0.1) is 40.4 Å². The molecular formula is C32H58O2Si. The van der Waals surface area contributed by atoms with Gasteiger partial charge in [0.05, 0.1) is 11.7 Å². The van der Waals surface area contributed by atoms with Gasteiger partial charge in [0.15, 0.2) is 8.32 Å². The second-order valence-electron chi connectivity index (χ2n) is 16.3. The minimum atomic E-state index is -1.74. The van der Waals surface area contributed by atoms with Crippen LogP contribution in [-0.4, -0.2) is 25.1 Å². The number of fused-ring (bicyclic) bond motifs is 5. The van der Waals surface area contributed by atoms with Crippen LogP contribution in [0.25, 0.3) is 0 Å². The van der Waals surface area contributed by atoms with Gasteiger partial charge in [0, 0.05) is 0 Å². The molecule has 0 aromatic rings. The van der Waals surface area contributed by atoms with Crippen LogP contribution in [0.2, 0.25) is 18.1 Å². The van der Waals surface area contributed by atoms with Crippen LogP contribution >= 0.6 is 0 Å². The summed E-state index contributed by atoms with van der Waals surface area (Å²) in [5.74, 6) is 4.17. The molecule has 1 N–H and O–H groups in total. The van der Waals surface area contributed by atoms with Crippen molar-refractivity contribution in [1.82, 2.24) is 0 Å². The van der Waals surface area contributed by atoms with E-state index in [0.717, 1.165) is 48.9 Å². The number of hydrogen-bond acceptors (Lipinski definition) is 2. The Morgan fingerprint density at radius 2 is 1.49 bits per heavy atom. The van der Waals surface area contributed by atoms with Crippen LogP contribution in [0.3, 0.4) is 0 Å². The summed E-state index contributed by atoms with van der Waals surface area (Å²) in [6.45, 7) is 17.4. The van der Waals surface area contributed by atoms with Gasteiger partial charge in [-0.15, -0.1) is 0 Å². The first kappa shape index (κ1) is 26.7. The van der Waals surface area contributed by atoms with E-state index in [0.29, 0.717) is 22.0 Å². The van der Waals surface area contributed by atoms with E-state index in [1.807, 2.05) is 0 Å². The Morgan fingerprint density at radius 3 is 2.17 bits per heavy atom. The van der Waals surface area contributed by atoms with E-state index < -0.39 is 8.32 Å². The normalized spacial score (nSPS) is 47.1. The Bertz CT molecular complexity index is 766. The lowest BCUT2D eigenvalue weighted by molar-refractivity contribution is -0.158. The minimum Gasteiger partial charge on any atom is -0.413 e. The lowest BCUT2D eigenvalue weighted by atomic mass is 9.44. The van der Waals surface area contributed by atoms with E-state index in [1.165, 1.54) is 77.0 Å². The molecule has 0 radical (unpaired) electrons. The van der Waals surface area contributed by atoms with Gasteiger partial charge in [0.2, 0.25) is 0 Å². The molecule has 0 aromatic carbocycles. The number of hydrogen-bond donors (Lipinski definition) is 1. The molecule has 2 nitrogen and oxygen atoms in total. The predicted octanol–water partition coefficient (Wildman–Crippen LogP) is 9.12. The van der Waals surface area contributed by atoms with E-state index >= 15 is 0 Å². The summed E-state index contributed by atoms with van der Waals surface area (Å²) in [6.07, 6.45) is 20.2.